The average Bonchev–Trinajstić information content (AvgIpc) is 2.41. The van der Waals surface area contributed by atoms with Crippen LogP contribution in [0.4, 0.5) is 10.1 Å². The molecule has 0 heterocycles. The van der Waals surface area contributed by atoms with Crippen molar-refractivity contribution in [3.63, 3.8) is 0 Å². The van der Waals surface area contributed by atoms with Gasteiger partial charge in [-0.2, -0.15) is 0 Å². The molecule has 5 nitrogen and oxygen atoms in total. The van der Waals surface area contributed by atoms with Crippen molar-refractivity contribution >= 4 is 29.2 Å². The van der Waals surface area contributed by atoms with Gasteiger partial charge in [0, 0.05) is 17.9 Å². The molecule has 0 aliphatic heterocycles. The number of aliphatic carboxylic acids is 2. The van der Waals surface area contributed by atoms with Crippen LogP contribution in [0.5, 0.6) is 0 Å². The maximum absolute atomic E-state index is 13.2. The van der Waals surface area contributed by atoms with Gasteiger partial charge in [-0.05, 0) is 31.5 Å². The van der Waals surface area contributed by atoms with Crippen molar-refractivity contribution in [2.75, 3.05) is 11.4 Å². The number of anilines is 1. The summed E-state index contributed by atoms with van der Waals surface area (Å²) in [6.45, 7) is 3.69. The highest BCUT2D eigenvalue weighted by molar-refractivity contribution is 6.31. The van der Waals surface area contributed by atoms with Crippen molar-refractivity contribution < 1.29 is 24.2 Å². The zero-order valence-corrected chi connectivity index (χ0v) is 12.3. The lowest BCUT2D eigenvalue weighted by molar-refractivity contribution is -0.140. The molecule has 0 spiro atoms. The van der Waals surface area contributed by atoms with E-state index in [0.29, 0.717) is 12.2 Å². The van der Waals surface area contributed by atoms with Gasteiger partial charge in [-0.25, -0.2) is 14.0 Å². The summed E-state index contributed by atoms with van der Waals surface area (Å²) in [6, 6.07) is 3.90. The molecule has 114 valence electrons. The predicted molar refractivity (Wildman–Crippen MR) is 77.0 cm³/mol. The Morgan fingerprint density at radius 2 is 1.81 bits per heavy atom. The van der Waals surface area contributed by atoms with Gasteiger partial charge in [0.25, 0.3) is 0 Å². The van der Waals surface area contributed by atoms with Crippen LogP contribution in [0, 0.1) is 5.82 Å². The predicted octanol–water partition coefficient (Wildman–Crippen LogP) is 3.14. The molecular weight excluding hydrogens is 301 g/mol. The molecule has 0 fully saturated rings. The maximum Gasteiger partial charge on any atom is 0.344 e. The molecule has 1 aromatic carbocycles. The molecule has 0 aliphatic rings. The molecule has 0 amide bonds. The summed E-state index contributed by atoms with van der Waals surface area (Å²) < 4.78 is 13.2. The van der Waals surface area contributed by atoms with Gasteiger partial charge in [0.1, 0.15) is 5.82 Å². The van der Waals surface area contributed by atoms with Gasteiger partial charge in [0.15, 0.2) is 5.57 Å². The lowest BCUT2D eigenvalue weighted by atomic mass is 10.1. The van der Waals surface area contributed by atoms with Gasteiger partial charge in [0.2, 0.25) is 0 Å². The van der Waals surface area contributed by atoms with Gasteiger partial charge in [-0.1, -0.05) is 18.5 Å². The molecular formula is C14H15ClFNO4. The second kappa shape index (κ2) is 7.08. The molecule has 0 unspecified atom stereocenters. The Hall–Kier alpha value is -2.08. The molecule has 1 aromatic rings. The van der Waals surface area contributed by atoms with Gasteiger partial charge in [-0.15, -0.1) is 0 Å². The van der Waals surface area contributed by atoms with Crippen LogP contribution < -0.4 is 4.90 Å². The number of benzene rings is 1. The smallest absolute Gasteiger partial charge is 0.344 e. The topological polar surface area (TPSA) is 77.8 Å². The number of carbonyl (C=O) groups is 2. The third-order valence-corrected chi connectivity index (χ3v) is 3.20. The van der Waals surface area contributed by atoms with Crippen molar-refractivity contribution in [2.24, 2.45) is 0 Å². The molecule has 1 rings (SSSR count). The van der Waals surface area contributed by atoms with Crippen LogP contribution in [-0.2, 0) is 9.59 Å². The molecule has 2 N–H and O–H groups in total. The number of nitrogens with zero attached hydrogens (tertiary/aromatic N) is 1. The lowest BCUT2D eigenvalue weighted by Gasteiger charge is -2.26. The highest BCUT2D eigenvalue weighted by atomic mass is 35.5. The highest BCUT2D eigenvalue weighted by Crippen LogP contribution is 2.27. The second-order valence-corrected chi connectivity index (χ2v) is 4.54. The van der Waals surface area contributed by atoms with Crippen LogP contribution in [-0.4, -0.2) is 28.7 Å². The average molecular weight is 316 g/mol. The molecule has 0 saturated carbocycles. The number of carboxylic acid groups (broad SMARTS) is 2. The maximum atomic E-state index is 13.2. The van der Waals surface area contributed by atoms with Gasteiger partial charge < -0.3 is 15.1 Å². The van der Waals surface area contributed by atoms with Crippen molar-refractivity contribution in [1.82, 2.24) is 0 Å². The van der Waals surface area contributed by atoms with Crippen molar-refractivity contribution in [2.45, 2.75) is 20.3 Å². The molecule has 0 radical (unpaired) electrons. The monoisotopic (exact) mass is 315 g/mol. The summed E-state index contributed by atoms with van der Waals surface area (Å²) in [5.74, 6) is -3.65. The minimum Gasteiger partial charge on any atom is -0.477 e. The molecule has 7 heteroatoms. The van der Waals surface area contributed by atoms with Crippen molar-refractivity contribution in [1.29, 1.82) is 0 Å². The lowest BCUT2D eigenvalue weighted by Crippen LogP contribution is -2.27. The van der Waals surface area contributed by atoms with E-state index in [0.717, 1.165) is 6.07 Å². The van der Waals surface area contributed by atoms with Crippen molar-refractivity contribution in [3.05, 3.63) is 40.3 Å². The Morgan fingerprint density at radius 3 is 2.19 bits per heavy atom. The second-order valence-electron chi connectivity index (χ2n) is 4.13. The van der Waals surface area contributed by atoms with E-state index in [1.54, 1.807) is 13.8 Å². The van der Waals surface area contributed by atoms with E-state index in [2.05, 4.69) is 0 Å². The Bertz CT molecular complexity index is 585. The molecule has 0 saturated heterocycles. The summed E-state index contributed by atoms with van der Waals surface area (Å²) in [5.41, 5.74) is -0.152. The van der Waals surface area contributed by atoms with Crippen LogP contribution in [0.3, 0.4) is 0 Å². The van der Waals surface area contributed by atoms with E-state index < -0.39 is 23.3 Å². The third-order valence-electron chi connectivity index (χ3n) is 2.91. The van der Waals surface area contributed by atoms with E-state index in [1.165, 1.54) is 17.0 Å². The van der Waals surface area contributed by atoms with E-state index in [1.807, 2.05) is 0 Å². The van der Waals surface area contributed by atoms with Crippen LogP contribution in [0.1, 0.15) is 20.3 Å². The summed E-state index contributed by atoms with van der Waals surface area (Å²) in [4.78, 5) is 23.8. The molecule has 0 aliphatic carbocycles. The van der Waals surface area contributed by atoms with E-state index in [4.69, 9.17) is 21.8 Å². The molecule has 0 aromatic heterocycles. The first-order chi connectivity index (χ1) is 9.83. The first-order valence-electron chi connectivity index (χ1n) is 6.25. The first kappa shape index (κ1) is 17.0. The highest BCUT2D eigenvalue weighted by Gasteiger charge is 2.25. The first-order valence-corrected chi connectivity index (χ1v) is 6.63. The summed E-state index contributed by atoms with van der Waals surface area (Å²) in [5, 5.41) is 18.1. The molecule has 0 bridgehead atoms. The zero-order chi connectivity index (χ0) is 16.2. The van der Waals surface area contributed by atoms with Crippen LogP contribution >= 0.6 is 11.6 Å². The van der Waals surface area contributed by atoms with Crippen molar-refractivity contribution in [3.8, 4) is 0 Å². The number of allylic oxidation sites excluding steroid dienone is 1. The summed E-state index contributed by atoms with van der Waals surface area (Å²) in [7, 11) is 0. The minimum atomic E-state index is -1.52. The molecule has 21 heavy (non-hydrogen) atoms. The molecule has 0 atom stereocenters. The van der Waals surface area contributed by atoms with Crippen LogP contribution in [0.25, 0.3) is 0 Å². The summed E-state index contributed by atoms with van der Waals surface area (Å²) >= 11 is 5.72. The standard InChI is InChI=1S/C14H15ClFNO4/c1-3-11(12(13(18)19)14(20)21)17(4-2)8-5-6-10(16)9(15)7-8/h5-7H,3-4H2,1-2H3,(H,18,19)(H,20,21). The van der Waals surface area contributed by atoms with Gasteiger partial charge in [0.05, 0.1) is 5.02 Å². The number of hydrogen-bond acceptors (Lipinski definition) is 3. The van der Waals surface area contributed by atoms with E-state index in [-0.39, 0.29) is 17.1 Å². The zero-order valence-electron chi connectivity index (χ0n) is 11.6. The fourth-order valence-electron chi connectivity index (χ4n) is 2.02. The van der Waals surface area contributed by atoms with Crippen LogP contribution in [0.2, 0.25) is 5.02 Å². The number of carboxylic acids is 2. The van der Waals surface area contributed by atoms with E-state index >= 15 is 0 Å². The number of rotatable bonds is 6. The fraction of sp³-hybridized carbons (Fsp3) is 0.286. The van der Waals surface area contributed by atoms with Gasteiger partial charge >= 0.3 is 11.9 Å². The Balaban J connectivity index is 3.46. The quantitative estimate of drug-likeness (QED) is 0.479. The Kier molecular flexibility index (Phi) is 5.72. The fourth-order valence-corrected chi connectivity index (χ4v) is 2.20. The summed E-state index contributed by atoms with van der Waals surface area (Å²) in [6.07, 6.45) is 0.191. The third kappa shape index (κ3) is 3.72. The Morgan fingerprint density at radius 1 is 1.24 bits per heavy atom. The number of hydrogen-bond donors (Lipinski definition) is 2. The minimum absolute atomic E-state index is 0.117. The van der Waals surface area contributed by atoms with E-state index in [9.17, 15) is 14.0 Å². The largest absolute Gasteiger partial charge is 0.477 e. The number of halogens is 2. The Labute approximate surface area is 126 Å². The van der Waals surface area contributed by atoms with Crippen LogP contribution in [0.15, 0.2) is 29.5 Å². The SMILES string of the molecule is CCC(=C(C(=O)O)C(=O)O)N(CC)c1ccc(F)c(Cl)c1. The normalized spacial score (nSPS) is 10.1. The van der Waals surface area contributed by atoms with Gasteiger partial charge in [-0.3, -0.25) is 0 Å².